The van der Waals surface area contributed by atoms with E-state index >= 15 is 0 Å². The molecule has 0 saturated carbocycles. The molecule has 0 fully saturated rings. The summed E-state index contributed by atoms with van der Waals surface area (Å²) in [6.07, 6.45) is 4.89. The Morgan fingerprint density at radius 1 is 1.30 bits per heavy atom. The van der Waals surface area contributed by atoms with E-state index in [1.165, 1.54) is 0 Å². The summed E-state index contributed by atoms with van der Waals surface area (Å²) in [6, 6.07) is 0. The summed E-state index contributed by atoms with van der Waals surface area (Å²) in [5.74, 6) is 0.487. The molecule has 0 unspecified atom stereocenters. The maximum absolute atomic E-state index is 11.4. The van der Waals surface area contributed by atoms with E-state index in [-0.39, 0.29) is 5.95 Å². The molecule has 0 aromatic carbocycles. The Morgan fingerprint density at radius 2 is 2.00 bits per heavy atom. The second-order valence-electron chi connectivity index (χ2n) is 4.62. The Morgan fingerprint density at radius 3 is 2.55 bits per heavy atom. The number of rotatable bonds is 5. The van der Waals surface area contributed by atoms with Gasteiger partial charge >= 0.3 is 0 Å². The van der Waals surface area contributed by atoms with Gasteiger partial charge in [0.05, 0.1) is 0 Å². The zero-order chi connectivity index (χ0) is 14.8. The van der Waals surface area contributed by atoms with Gasteiger partial charge in [-0.1, -0.05) is 0 Å². The summed E-state index contributed by atoms with van der Waals surface area (Å²) < 4.78 is 1.63. The van der Waals surface area contributed by atoms with Crippen molar-refractivity contribution in [2.45, 2.75) is 19.4 Å². The zero-order valence-electron chi connectivity index (χ0n) is 11.5. The first-order chi connectivity index (χ1) is 9.42. The quantitative estimate of drug-likeness (QED) is 0.689. The third-order valence-corrected chi connectivity index (χ3v) is 2.62. The van der Waals surface area contributed by atoms with E-state index in [0.717, 1.165) is 0 Å². The van der Waals surface area contributed by atoms with Crippen LogP contribution in [0.25, 0.3) is 5.95 Å². The highest BCUT2D eigenvalue weighted by Gasteiger charge is 2.26. The molecule has 0 bridgehead atoms. The molecule has 0 saturated heterocycles. The molecule has 0 aliphatic carbocycles. The molecule has 106 valence electrons. The van der Waals surface area contributed by atoms with Crippen LogP contribution in [0.4, 0.5) is 11.9 Å². The molecule has 0 aliphatic heterocycles. The van der Waals surface area contributed by atoms with E-state index in [4.69, 9.17) is 5.73 Å². The Labute approximate surface area is 115 Å². The van der Waals surface area contributed by atoms with E-state index in [1.807, 2.05) is 0 Å². The number of anilines is 2. The van der Waals surface area contributed by atoms with Crippen LogP contribution in [-0.2, 0) is 4.79 Å². The van der Waals surface area contributed by atoms with Gasteiger partial charge in [0.25, 0.3) is 0 Å². The van der Waals surface area contributed by atoms with E-state index in [2.05, 4.69) is 30.6 Å². The SMILES string of the molecule is CNc1nc(NC(C)(C)C(N)=O)nc(-n2ccnc2)n1. The standard InChI is InChI=1S/C11H16N8O/c1-11(2,7(12)20)18-9-15-8(13-3)16-10(17-9)19-5-4-14-6-19/h4-6H,1-3H3,(H2,12,20)(H2,13,15,16,17,18). The van der Waals surface area contributed by atoms with Crippen LogP contribution in [-0.4, -0.2) is 43.0 Å². The summed E-state index contributed by atoms with van der Waals surface area (Å²) in [6.45, 7) is 3.30. The zero-order valence-corrected chi connectivity index (χ0v) is 11.5. The molecule has 0 spiro atoms. The highest BCUT2D eigenvalue weighted by Crippen LogP contribution is 2.13. The monoisotopic (exact) mass is 276 g/mol. The predicted octanol–water partition coefficient (Wildman–Crippen LogP) is -0.225. The van der Waals surface area contributed by atoms with Crippen molar-refractivity contribution in [1.29, 1.82) is 0 Å². The van der Waals surface area contributed by atoms with Gasteiger partial charge in [-0.05, 0) is 13.8 Å². The van der Waals surface area contributed by atoms with Crippen LogP contribution in [0.2, 0.25) is 0 Å². The van der Waals surface area contributed by atoms with Gasteiger partial charge in [0.15, 0.2) is 0 Å². The van der Waals surface area contributed by atoms with E-state index in [9.17, 15) is 4.79 Å². The maximum Gasteiger partial charge on any atom is 0.242 e. The van der Waals surface area contributed by atoms with Crippen molar-refractivity contribution in [3.05, 3.63) is 18.7 Å². The lowest BCUT2D eigenvalue weighted by Crippen LogP contribution is -2.45. The van der Waals surface area contributed by atoms with Crippen molar-refractivity contribution in [3.8, 4) is 5.95 Å². The number of aromatic nitrogens is 5. The van der Waals surface area contributed by atoms with Gasteiger partial charge in [-0.15, -0.1) is 0 Å². The molecule has 2 aromatic rings. The molecule has 4 N–H and O–H groups in total. The number of carbonyl (C=O) groups is 1. The fourth-order valence-corrected chi connectivity index (χ4v) is 1.37. The van der Waals surface area contributed by atoms with Crippen LogP contribution in [0.3, 0.4) is 0 Å². The molecule has 20 heavy (non-hydrogen) atoms. The highest BCUT2D eigenvalue weighted by molar-refractivity contribution is 5.86. The minimum Gasteiger partial charge on any atom is -0.368 e. The van der Waals surface area contributed by atoms with Gasteiger partial charge in [0.2, 0.25) is 23.8 Å². The van der Waals surface area contributed by atoms with Gasteiger partial charge in [-0.2, -0.15) is 15.0 Å². The fraction of sp³-hybridized carbons (Fsp3) is 0.364. The number of nitrogens with two attached hydrogens (primary N) is 1. The van der Waals surface area contributed by atoms with Gasteiger partial charge < -0.3 is 16.4 Å². The van der Waals surface area contributed by atoms with Gasteiger partial charge in [-0.25, -0.2) is 4.98 Å². The summed E-state index contributed by atoms with van der Waals surface area (Å²) in [4.78, 5) is 27.9. The van der Waals surface area contributed by atoms with Crippen molar-refractivity contribution in [3.63, 3.8) is 0 Å². The van der Waals surface area contributed by atoms with Crippen LogP contribution in [0.5, 0.6) is 0 Å². The number of hydrogen-bond acceptors (Lipinski definition) is 7. The minimum atomic E-state index is -0.974. The number of imidazole rings is 1. The molecule has 1 amide bonds. The Balaban J connectivity index is 2.39. The molecule has 0 atom stereocenters. The Hall–Kier alpha value is -2.71. The average Bonchev–Trinajstić information content (AvgIpc) is 2.91. The lowest BCUT2D eigenvalue weighted by atomic mass is 10.1. The summed E-state index contributed by atoms with van der Waals surface area (Å²) in [5.41, 5.74) is 4.34. The number of primary amides is 1. The van der Waals surface area contributed by atoms with Crippen molar-refractivity contribution >= 4 is 17.8 Å². The molecule has 9 nitrogen and oxygen atoms in total. The first-order valence-electron chi connectivity index (χ1n) is 5.92. The molecule has 2 aromatic heterocycles. The second kappa shape index (κ2) is 5.11. The number of amides is 1. The normalized spacial score (nSPS) is 11.2. The average molecular weight is 276 g/mol. The second-order valence-corrected chi connectivity index (χ2v) is 4.62. The number of hydrogen-bond donors (Lipinski definition) is 3. The fourth-order valence-electron chi connectivity index (χ4n) is 1.37. The van der Waals surface area contributed by atoms with E-state index < -0.39 is 11.4 Å². The Bertz CT molecular complexity index is 607. The smallest absolute Gasteiger partial charge is 0.242 e. The molecule has 9 heteroatoms. The first-order valence-corrected chi connectivity index (χ1v) is 5.92. The van der Waals surface area contributed by atoms with Gasteiger partial charge in [0, 0.05) is 19.4 Å². The highest BCUT2D eigenvalue weighted by atomic mass is 16.1. The predicted molar refractivity (Wildman–Crippen MR) is 73.4 cm³/mol. The van der Waals surface area contributed by atoms with Crippen molar-refractivity contribution in [1.82, 2.24) is 24.5 Å². The minimum absolute atomic E-state index is 0.247. The summed E-state index contributed by atoms with van der Waals surface area (Å²) >= 11 is 0. The molecular weight excluding hydrogens is 260 g/mol. The van der Waals surface area contributed by atoms with Gasteiger partial charge in [-0.3, -0.25) is 9.36 Å². The molecule has 2 heterocycles. The van der Waals surface area contributed by atoms with Crippen molar-refractivity contribution < 1.29 is 4.79 Å². The third-order valence-electron chi connectivity index (χ3n) is 2.62. The van der Waals surface area contributed by atoms with Crippen LogP contribution >= 0.6 is 0 Å². The van der Waals surface area contributed by atoms with Crippen LogP contribution < -0.4 is 16.4 Å². The molecule has 2 rings (SSSR count). The topological polar surface area (TPSA) is 124 Å². The first kappa shape index (κ1) is 13.7. The van der Waals surface area contributed by atoms with Crippen LogP contribution in [0, 0.1) is 0 Å². The molecule has 0 radical (unpaired) electrons. The van der Waals surface area contributed by atoms with Gasteiger partial charge in [0.1, 0.15) is 11.9 Å². The number of nitrogens with one attached hydrogen (secondary N) is 2. The third kappa shape index (κ3) is 2.82. The van der Waals surface area contributed by atoms with E-state index in [0.29, 0.717) is 11.9 Å². The lowest BCUT2D eigenvalue weighted by Gasteiger charge is -2.22. The largest absolute Gasteiger partial charge is 0.368 e. The van der Waals surface area contributed by atoms with Crippen LogP contribution in [0.1, 0.15) is 13.8 Å². The Kier molecular flexibility index (Phi) is 3.51. The maximum atomic E-state index is 11.4. The van der Waals surface area contributed by atoms with Crippen molar-refractivity contribution in [2.75, 3.05) is 17.7 Å². The molecular formula is C11H16N8O. The summed E-state index contributed by atoms with van der Waals surface area (Å²) in [7, 11) is 1.69. The van der Waals surface area contributed by atoms with Crippen LogP contribution in [0.15, 0.2) is 18.7 Å². The van der Waals surface area contributed by atoms with Crippen molar-refractivity contribution in [2.24, 2.45) is 5.73 Å². The summed E-state index contributed by atoms with van der Waals surface area (Å²) in [5, 5.41) is 5.72. The lowest BCUT2D eigenvalue weighted by molar-refractivity contribution is -0.121. The number of nitrogens with zero attached hydrogens (tertiary/aromatic N) is 5. The molecule has 0 aliphatic rings. The van der Waals surface area contributed by atoms with E-state index in [1.54, 1.807) is 44.2 Å². The number of carbonyl (C=O) groups excluding carboxylic acids is 1.